The van der Waals surface area contributed by atoms with E-state index in [-0.39, 0.29) is 17.8 Å². The molecular weight excluding hydrogens is 266 g/mol. The average Bonchev–Trinajstić information content (AvgIpc) is 2.37. The zero-order valence-corrected chi connectivity index (χ0v) is 11.9. The average molecular weight is 286 g/mol. The molecule has 1 heterocycles. The zero-order chi connectivity index (χ0) is 14.7. The van der Waals surface area contributed by atoms with Gasteiger partial charge in [-0.25, -0.2) is 0 Å². The third-order valence-corrected chi connectivity index (χ3v) is 3.31. The molecule has 1 aromatic carbocycles. The molecule has 0 N–H and O–H groups in total. The molecule has 2 atom stereocenters. The van der Waals surface area contributed by atoms with Gasteiger partial charge in [0.2, 0.25) is 0 Å². The number of alkyl halides is 2. The highest BCUT2D eigenvalue weighted by atomic mass is 19.3. The van der Waals surface area contributed by atoms with E-state index in [1.54, 1.807) is 6.07 Å². The van der Waals surface area contributed by atoms with Crippen LogP contribution in [-0.4, -0.2) is 25.9 Å². The van der Waals surface area contributed by atoms with E-state index >= 15 is 0 Å². The Hall–Kier alpha value is -1.36. The van der Waals surface area contributed by atoms with Gasteiger partial charge in [0.05, 0.1) is 6.10 Å². The minimum absolute atomic E-state index is 0.00762. The van der Waals surface area contributed by atoms with Crippen molar-refractivity contribution in [3.63, 3.8) is 0 Å². The molecule has 0 fully saturated rings. The fourth-order valence-corrected chi connectivity index (χ4v) is 2.22. The zero-order valence-electron chi connectivity index (χ0n) is 11.9. The lowest BCUT2D eigenvalue weighted by Crippen LogP contribution is -2.33. The van der Waals surface area contributed by atoms with Gasteiger partial charge < -0.3 is 14.2 Å². The third-order valence-electron chi connectivity index (χ3n) is 3.31. The van der Waals surface area contributed by atoms with Crippen molar-refractivity contribution in [3.05, 3.63) is 23.8 Å². The monoisotopic (exact) mass is 286 g/mol. The lowest BCUT2D eigenvalue weighted by Gasteiger charge is -2.32. The highest BCUT2D eigenvalue weighted by Crippen LogP contribution is 2.37. The van der Waals surface area contributed by atoms with E-state index in [0.717, 1.165) is 5.56 Å². The highest BCUT2D eigenvalue weighted by Gasteiger charge is 2.29. The fourth-order valence-electron chi connectivity index (χ4n) is 2.22. The van der Waals surface area contributed by atoms with Crippen LogP contribution in [0.25, 0.3) is 0 Å². The molecule has 20 heavy (non-hydrogen) atoms. The molecule has 0 saturated heterocycles. The van der Waals surface area contributed by atoms with Crippen LogP contribution in [0.1, 0.15) is 32.3 Å². The summed E-state index contributed by atoms with van der Waals surface area (Å²) in [4.78, 5) is 0. The normalized spacial score (nSPS) is 21.8. The molecule has 1 aromatic rings. The van der Waals surface area contributed by atoms with Crippen LogP contribution in [0.4, 0.5) is 8.78 Å². The third kappa shape index (κ3) is 3.60. The minimum atomic E-state index is -2.82. The van der Waals surface area contributed by atoms with Crippen LogP contribution in [0.3, 0.4) is 0 Å². The molecule has 0 spiro atoms. The van der Waals surface area contributed by atoms with Crippen molar-refractivity contribution in [1.29, 1.82) is 0 Å². The molecule has 5 heteroatoms. The Kier molecular flexibility index (Phi) is 4.81. The van der Waals surface area contributed by atoms with Gasteiger partial charge in [-0.05, 0) is 17.5 Å². The van der Waals surface area contributed by atoms with E-state index in [1.807, 2.05) is 0 Å². The molecule has 2 rings (SSSR count). The maximum atomic E-state index is 12.2. The number of ether oxygens (including phenoxy) is 3. The summed E-state index contributed by atoms with van der Waals surface area (Å²) in [5, 5.41) is 0. The minimum Gasteiger partial charge on any atom is -0.490 e. The van der Waals surface area contributed by atoms with E-state index in [2.05, 4.69) is 25.5 Å². The van der Waals surface area contributed by atoms with Gasteiger partial charge in [-0.3, -0.25) is 0 Å². The predicted octanol–water partition coefficient (Wildman–Crippen LogP) is 3.83. The van der Waals surface area contributed by atoms with Crippen LogP contribution in [0.5, 0.6) is 11.5 Å². The summed E-state index contributed by atoms with van der Waals surface area (Å²) >= 11 is 0. The number of rotatable bonds is 5. The van der Waals surface area contributed by atoms with E-state index in [4.69, 9.17) is 9.47 Å². The summed E-state index contributed by atoms with van der Waals surface area (Å²) in [5.41, 5.74) is 0.964. The van der Waals surface area contributed by atoms with Crippen molar-refractivity contribution in [3.8, 4) is 11.5 Å². The first-order valence-corrected chi connectivity index (χ1v) is 6.80. The topological polar surface area (TPSA) is 27.7 Å². The second-order valence-corrected chi connectivity index (χ2v) is 5.44. The quantitative estimate of drug-likeness (QED) is 0.823. The van der Waals surface area contributed by atoms with E-state index in [0.29, 0.717) is 24.9 Å². The van der Waals surface area contributed by atoms with Crippen molar-refractivity contribution in [2.75, 3.05) is 13.2 Å². The van der Waals surface area contributed by atoms with Crippen molar-refractivity contribution < 1.29 is 23.0 Å². The lowest BCUT2D eigenvalue weighted by atomic mass is 9.92. The Morgan fingerprint density at radius 3 is 2.75 bits per heavy atom. The summed E-state index contributed by atoms with van der Waals surface area (Å²) in [7, 11) is 0. The predicted molar refractivity (Wildman–Crippen MR) is 71.6 cm³/mol. The Bertz CT molecular complexity index is 449. The van der Waals surface area contributed by atoms with Gasteiger partial charge in [0.15, 0.2) is 0 Å². The van der Waals surface area contributed by atoms with Gasteiger partial charge in [-0.2, -0.15) is 8.78 Å². The second kappa shape index (κ2) is 6.39. The number of fused-ring (bicyclic) bond motifs is 1. The fraction of sp³-hybridized carbons (Fsp3) is 0.600. The van der Waals surface area contributed by atoms with Gasteiger partial charge in [0.1, 0.15) is 18.1 Å². The second-order valence-electron chi connectivity index (χ2n) is 5.44. The molecule has 0 unspecified atom stereocenters. The molecule has 0 bridgehead atoms. The maximum absolute atomic E-state index is 12.2. The van der Waals surface area contributed by atoms with Crippen molar-refractivity contribution in [2.24, 2.45) is 5.92 Å². The van der Waals surface area contributed by atoms with E-state index < -0.39 is 6.61 Å². The summed E-state index contributed by atoms with van der Waals surface area (Å²) in [6.45, 7) is 4.53. The summed E-state index contributed by atoms with van der Waals surface area (Å²) in [6, 6.07) is 4.81. The largest absolute Gasteiger partial charge is 0.490 e. The first-order chi connectivity index (χ1) is 9.47. The molecule has 0 radical (unpaired) electrons. The first-order valence-electron chi connectivity index (χ1n) is 6.80. The SMILES string of the molecule is CC(C)CO[C@@H]1COc2cc(OC(F)F)ccc2[C@@H]1C. The van der Waals surface area contributed by atoms with Gasteiger partial charge in [-0.1, -0.05) is 26.8 Å². The Balaban J connectivity index is 2.08. The molecule has 1 aliphatic heterocycles. The van der Waals surface area contributed by atoms with Crippen LogP contribution in [0.2, 0.25) is 0 Å². The van der Waals surface area contributed by atoms with Crippen molar-refractivity contribution in [2.45, 2.75) is 39.4 Å². The lowest BCUT2D eigenvalue weighted by molar-refractivity contribution is -0.0503. The van der Waals surface area contributed by atoms with E-state index in [9.17, 15) is 8.78 Å². The van der Waals surface area contributed by atoms with Crippen LogP contribution < -0.4 is 9.47 Å². The summed E-state index contributed by atoms with van der Waals surface area (Å²) in [5.74, 6) is 1.34. The van der Waals surface area contributed by atoms with Gasteiger partial charge in [-0.15, -0.1) is 0 Å². The Labute approximate surface area is 117 Å². The van der Waals surface area contributed by atoms with Crippen LogP contribution >= 0.6 is 0 Å². The standard InChI is InChI=1S/C15H20F2O3/c1-9(2)7-18-14-8-19-13-6-11(20-15(16)17)4-5-12(13)10(14)3/h4-6,9-10,14-15H,7-8H2,1-3H3/t10-,14+/m0/s1. The molecule has 3 nitrogen and oxygen atoms in total. The maximum Gasteiger partial charge on any atom is 0.387 e. The van der Waals surface area contributed by atoms with E-state index in [1.165, 1.54) is 12.1 Å². The molecule has 112 valence electrons. The van der Waals surface area contributed by atoms with Gasteiger partial charge in [0.25, 0.3) is 0 Å². The molecule has 0 aliphatic carbocycles. The molecular formula is C15H20F2O3. The molecule has 1 aliphatic rings. The number of halogens is 2. The Morgan fingerprint density at radius 1 is 1.35 bits per heavy atom. The summed E-state index contributed by atoms with van der Waals surface area (Å²) < 4.78 is 40.2. The Morgan fingerprint density at radius 2 is 2.10 bits per heavy atom. The van der Waals surface area contributed by atoms with Crippen LogP contribution in [-0.2, 0) is 4.74 Å². The molecule has 0 saturated carbocycles. The molecule has 0 amide bonds. The van der Waals surface area contributed by atoms with Gasteiger partial charge >= 0.3 is 6.61 Å². The number of hydrogen-bond acceptors (Lipinski definition) is 3. The summed E-state index contributed by atoms with van der Waals surface area (Å²) in [6.07, 6.45) is -0.00762. The first kappa shape index (κ1) is 15.0. The van der Waals surface area contributed by atoms with Crippen molar-refractivity contribution in [1.82, 2.24) is 0 Å². The van der Waals surface area contributed by atoms with Gasteiger partial charge in [0, 0.05) is 18.6 Å². The number of hydrogen-bond donors (Lipinski definition) is 0. The smallest absolute Gasteiger partial charge is 0.387 e. The van der Waals surface area contributed by atoms with Crippen LogP contribution in [0.15, 0.2) is 18.2 Å². The molecule has 0 aromatic heterocycles. The highest BCUT2D eigenvalue weighted by molar-refractivity contribution is 5.44. The van der Waals surface area contributed by atoms with Crippen molar-refractivity contribution >= 4 is 0 Å². The number of benzene rings is 1. The van der Waals surface area contributed by atoms with Crippen LogP contribution in [0, 0.1) is 5.92 Å².